The van der Waals surface area contributed by atoms with Gasteiger partial charge < -0.3 is 14.8 Å². The Morgan fingerprint density at radius 3 is 2.21 bits per heavy atom. The highest BCUT2D eigenvalue weighted by molar-refractivity contribution is 5.93. The fourth-order valence-corrected chi connectivity index (χ4v) is 2.89. The van der Waals surface area contributed by atoms with Crippen molar-refractivity contribution in [3.8, 4) is 17.2 Å². The molecule has 0 radical (unpaired) electrons. The van der Waals surface area contributed by atoms with E-state index in [1.165, 1.54) is 0 Å². The number of hydrogen-bond donors (Lipinski definition) is 1. The van der Waals surface area contributed by atoms with Gasteiger partial charge in [-0.15, -0.1) is 0 Å². The Morgan fingerprint density at radius 1 is 0.714 bits per heavy atom. The van der Waals surface area contributed by atoms with Gasteiger partial charge in [0.2, 0.25) is 0 Å². The Labute approximate surface area is 163 Å². The standard InChI is InChI=1S/C24H19NO3/c26-24(17-27-23-12-6-8-18-7-4-5-11-22(18)23)25-19-13-15-21(16-14-19)28-20-9-2-1-3-10-20/h1-16H,17H2,(H,25,26). The molecule has 0 heterocycles. The first-order valence-electron chi connectivity index (χ1n) is 9.01. The van der Waals surface area contributed by atoms with Crippen LogP contribution in [0, 0.1) is 0 Å². The summed E-state index contributed by atoms with van der Waals surface area (Å²) in [6.07, 6.45) is 0. The molecule has 0 saturated heterocycles. The average molecular weight is 369 g/mol. The number of rotatable bonds is 6. The highest BCUT2D eigenvalue weighted by atomic mass is 16.5. The lowest BCUT2D eigenvalue weighted by Gasteiger charge is -2.10. The molecule has 4 aromatic carbocycles. The Kier molecular flexibility index (Phi) is 5.20. The van der Waals surface area contributed by atoms with Gasteiger partial charge in [-0.25, -0.2) is 0 Å². The lowest BCUT2D eigenvalue weighted by molar-refractivity contribution is -0.118. The molecule has 4 rings (SSSR count). The predicted octanol–water partition coefficient (Wildman–Crippen LogP) is 5.65. The molecule has 28 heavy (non-hydrogen) atoms. The third-order valence-corrected chi connectivity index (χ3v) is 4.23. The minimum absolute atomic E-state index is 0.0593. The monoisotopic (exact) mass is 369 g/mol. The van der Waals surface area contributed by atoms with Crippen molar-refractivity contribution in [3.63, 3.8) is 0 Å². The van der Waals surface area contributed by atoms with Crippen LogP contribution in [0.4, 0.5) is 5.69 Å². The lowest BCUT2D eigenvalue weighted by Crippen LogP contribution is -2.20. The molecular weight excluding hydrogens is 350 g/mol. The van der Waals surface area contributed by atoms with E-state index in [0.29, 0.717) is 17.2 Å². The second-order valence-electron chi connectivity index (χ2n) is 6.25. The van der Waals surface area contributed by atoms with Gasteiger partial charge in [0, 0.05) is 11.1 Å². The van der Waals surface area contributed by atoms with E-state index in [1.54, 1.807) is 12.1 Å². The van der Waals surface area contributed by atoms with Gasteiger partial charge in [-0.2, -0.15) is 0 Å². The molecule has 4 aromatic rings. The molecule has 0 aromatic heterocycles. The van der Waals surface area contributed by atoms with E-state index in [9.17, 15) is 4.79 Å². The van der Waals surface area contributed by atoms with Crippen molar-refractivity contribution in [2.75, 3.05) is 11.9 Å². The Bertz CT molecular complexity index is 1070. The van der Waals surface area contributed by atoms with Crippen molar-refractivity contribution in [2.45, 2.75) is 0 Å². The average Bonchev–Trinajstić information content (AvgIpc) is 2.74. The van der Waals surface area contributed by atoms with Gasteiger partial charge >= 0.3 is 0 Å². The van der Waals surface area contributed by atoms with Crippen LogP contribution in [-0.2, 0) is 4.79 Å². The highest BCUT2D eigenvalue weighted by Crippen LogP contribution is 2.25. The van der Waals surface area contributed by atoms with E-state index >= 15 is 0 Å². The molecule has 0 saturated carbocycles. The van der Waals surface area contributed by atoms with Gasteiger partial charge in [0.05, 0.1) is 0 Å². The molecular formula is C24H19NO3. The van der Waals surface area contributed by atoms with Crippen LogP contribution in [0.2, 0.25) is 0 Å². The summed E-state index contributed by atoms with van der Waals surface area (Å²) >= 11 is 0. The molecule has 0 aliphatic carbocycles. The van der Waals surface area contributed by atoms with E-state index in [4.69, 9.17) is 9.47 Å². The molecule has 0 aliphatic heterocycles. The van der Waals surface area contributed by atoms with Crippen LogP contribution in [0.3, 0.4) is 0 Å². The first-order chi connectivity index (χ1) is 13.8. The van der Waals surface area contributed by atoms with Crippen molar-refractivity contribution >= 4 is 22.4 Å². The maximum absolute atomic E-state index is 12.2. The van der Waals surface area contributed by atoms with Crippen LogP contribution in [-0.4, -0.2) is 12.5 Å². The van der Waals surface area contributed by atoms with E-state index in [0.717, 1.165) is 16.5 Å². The summed E-state index contributed by atoms with van der Waals surface area (Å²) in [5, 5.41) is 4.90. The molecule has 0 spiro atoms. The molecule has 0 unspecified atom stereocenters. The number of nitrogens with one attached hydrogen (secondary N) is 1. The number of ether oxygens (including phenoxy) is 2. The van der Waals surface area contributed by atoms with Crippen LogP contribution in [0.15, 0.2) is 97.1 Å². The van der Waals surface area contributed by atoms with Crippen LogP contribution in [0.1, 0.15) is 0 Å². The van der Waals surface area contributed by atoms with Gasteiger partial charge in [-0.3, -0.25) is 4.79 Å². The van der Waals surface area contributed by atoms with Gasteiger partial charge in [-0.05, 0) is 47.9 Å². The summed E-state index contributed by atoms with van der Waals surface area (Å²) in [4.78, 5) is 12.2. The number of hydrogen-bond acceptors (Lipinski definition) is 3. The molecule has 0 bridgehead atoms. The number of carbonyl (C=O) groups excluding carboxylic acids is 1. The number of amides is 1. The summed E-state index contributed by atoms with van der Waals surface area (Å²) in [5.74, 6) is 1.95. The number of carbonyl (C=O) groups is 1. The summed E-state index contributed by atoms with van der Waals surface area (Å²) in [7, 11) is 0. The smallest absolute Gasteiger partial charge is 0.262 e. The zero-order valence-corrected chi connectivity index (χ0v) is 15.2. The van der Waals surface area contributed by atoms with Crippen LogP contribution < -0.4 is 14.8 Å². The second-order valence-corrected chi connectivity index (χ2v) is 6.25. The fourth-order valence-electron chi connectivity index (χ4n) is 2.89. The highest BCUT2D eigenvalue weighted by Gasteiger charge is 2.07. The fraction of sp³-hybridized carbons (Fsp3) is 0.0417. The van der Waals surface area contributed by atoms with Gasteiger partial charge in [0.15, 0.2) is 6.61 Å². The Morgan fingerprint density at radius 2 is 1.39 bits per heavy atom. The van der Waals surface area contributed by atoms with Gasteiger partial charge in [0.25, 0.3) is 5.91 Å². The van der Waals surface area contributed by atoms with E-state index in [-0.39, 0.29) is 12.5 Å². The maximum atomic E-state index is 12.2. The Hall–Kier alpha value is -3.79. The largest absolute Gasteiger partial charge is 0.483 e. The zero-order chi connectivity index (χ0) is 19.2. The van der Waals surface area contributed by atoms with Crippen molar-refractivity contribution in [1.82, 2.24) is 0 Å². The summed E-state index contributed by atoms with van der Waals surface area (Å²) in [6, 6.07) is 30.5. The van der Waals surface area contributed by atoms with E-state index < -0.39 is 0 Å². The normalized spacial score (nSPS) is 10.4. The van der Waals surface area contributed by atoms with Crippen molar-refractivity contribution in [2.24, 2.45) is 0 Å². The lowest BCUT2D eigenvalue weighted by atomic mass is 10.1. The zero-order valence-electron chi connectivity index (χ0n) is 15.2. The number of anilines is 1. The van der Waals surface area contributed by atoms with Crippen LogP contribution in [0.5, 0.6) is 17.2 Å². The number of benzene rings is 4. The molecule has 138 valence electrons. The van der Waals surface area contributed by atoms with Gasteiger partial charge in [-0.1, -0.05) is 54.6 Å². The van der Waals surface area contributed by atoms with Crippen molar-refractivity contribution < 1.29 is 14.3 Å². The van der Waals surface area contributed by atoms with Crippen molar-refractivity contribution in [3.05, 3.63) is 97.1 Å². The Balaban J connectivity index is 1.34. The summed E-state index contributed by atoms with van der Waals surface area (Å²) < 4.78 is 11.5. The first kappa shape index (κ1) is 17.6. The third-order valence-electron chi connectivity index (χ3n) is 4.23. The van der Waals surface area contributed by atoms with Crippen LogP contribution in [0.25, 0.3) is 10.8 Å². The molecule has 4 heteroatoms. The topological polar surface area (TPSA) is 47.6 Å². The van der Waals surface area contributed by atoms with Gasteiger partial charge in [0.1, 0.15) is 17.2 Å². The predicted molar refractivity (Wildman–Crippen MR) is 111 cm³/mol. The molecule has 4 nitrogen and oxygen atoms in total. The SMILES string of the molecule is O=C(COc1cccc2ccccc12)Nc1ccc(Oc2ccccc2)cc1. The minimum atomic E-state index is -0.218. The molecule has 1 amide bonds. The number of para-hydroxylation sites is 1. The van der Waals surface area contributed by atoms with E-state index in [1.807, 2.05) is 84.9 Å². The van der Waals surface area contributed by atoms with Crippen molar-refractivity contribution in [1.29, 1.82) is 0 Å². The summed E-state index contributed by atoms with van der Waals surface area (Å²) in [5.41, 5.74) is 0.687. The van der Waals surface area contributed by atoms with Crippen LogP contribution >= 0.6 is 0 Å². The molecule has 0 fully saturated rings. The quantitative estimate of drug-likeness (QED) is 0.478. The summed E-state index contributed by atoms with van der Waals surface area (Å²) in [6.45, 7) is -0.0593. The third kappa shape index (κ3) is 4.30. The number of fused-ring (bicyclic) bond motifs is 1. The second kappa shape index (κ2) is 8.27. The molecule has 0 atom stereocenters. The maximum Gasteiger partial charge on any atom is 0.262 e. The molecule has 1 N–H and O–H groups in total. The first-order valence-corrected chi connectivity index (χ1v) is 9.01. The van der Waals surface area contributed by atoms with E-state index in [2.05, 4.69) is 5.32 Å². The minimum Gasteiger partial charge on any atom is -0.483 e. The molecule has 0 aliphatic rings.